The molecule has 0 spiro atoms. The summed E-state index contributed by atoms with van der Waals surface area (Å²) in [6.07, 6.45) is 0. The monoisotopic (exact) mass is 344 g/mol. The van der Waals surface area contributed by atoms with Crippen LogP contribution in [-0.4, -0.2) is 17.9 Å². The number of carbonyl (C=O) groups excluding carboxylic acids is 2. The van der Waals surface area contributed by atoms with Crippen molar-refractivity contribution >= 4 is 11.8 Å². The van der Waals surface area contributed by atoms with Gasteiger partial charge in [-0.15, -0.1) is 0 Å². The van der Waals surface area contributed by atoms with E-state index in [0.29, 0.717) is 12.3 Å². The van der Waals surface area contributed by atoms with E-state index in [1.807, 2.05) is 12.1 Å². The van der Waals surface area contributed by atoms with Gasteiger partial charge in [-0.1, -0.05) is 24.3 Å². The second kappa shape index (κ2) is 8.82. The maximum atomic E-state index is 13.1. The molecule has 0 aliphatic carbocycles. The number of hydrogen-bond acceptors (Lipinski definition) is 3. The smallest absolute Gasteiger partial charge is 0.242 e. The van der Waals surface area contributed by atoms with Gasteiger partial charge in [-0.2, -0.15) is 0 Å². The summed E-state index contributed by atoms with van der Waals surface area (Å²) < 4.78 is 18.7. The lowest BCUT2D eigenvalue weighted by atomic mass is 10.2. The first-order chi connectivity index (χ1) is 11.9. The molecule has 0 bridgehead atoms. The summed E-state index contributed by atoms with van der Waals surface area (Å²) in [5.41, 5.74) is 1.66. The third-order valence-electron chi connectivity index (χ3n) is 3.50. The molecule has 132 valence electrons. The van der Waals surface area contributed by atoms with E-state index in [0.717, 1.165) is 11.1 Å². The lowest BCUT2D eigenvalue weighted by Gasteiger charge is -2.13. The Bertz CT molecular complexity index is 732. The number of amides is 2. The van der Waals surface area contributed by atoms with Gasteiger partial charge in [0, 0.05) is 13.5 Å². The zero-order chi connectivity index (χ0) is 18.2. The summed E-state index contributed by atoms with van der Waals surface area (Å²) in [4.78, 5) is 22.8. The minimum atomic E-state index is -0.577. The van der Waals surface area contributed by atoms with E-state index in [2.05, 4.69) is 10.6 Å². The molecule has 0 radical (unpaired) electrons. The predicted octanol–water partition coefficient (Wildman–Crippen LogP) is 2.55. The quantitative estimate of drug-likeness (QED) is 0.811. The highest BCUT2D eigenvalue weighted by Crippen LogP contribution is 2.14. The Labute approximate surface area is 146 Å². The first-order valence-electron chi connectivity index (χ1n) is 7.95. The average molecular weight is 344 g/mol. The van der Waals surface area contributed by atoms with Crippen LogP contribution in [0, 0.1) is 5.82 Å². The second-order valence-electron chi connectivity index (χ2n) is 5.70. The number of hydrogen-bond donors (Lipinski definition) is 2. The van der Waals surface area contributed by atoms with Gasteiger partial charge in [-0.3, -0.25) is 9.59 Å². The van der Waals surface area contributed by atoms with Crippen molar-refractivity contribution in [3.8, 4) is 5.75 Å². The maximum absolute atomic E-state index is 13.1. The van der Waals surface area contributed by atoms with Crippen LogP contribution in [0.2, 0.25) is 0 Å². The molecule has 25 heavy (non-hydrogen) atoms. The van der Waals surface area contributed by atoms with Gasteiger partial charge in [0.25, 0.3) is 0 Å². The van der Waals surface area contributed by atoms with Gasteiger partial charge in [0.2, 0.25) is 11.8 Å². The van der Waals surface area contributed by atoms with Gasteiger partial charge in [0.05, 0.1) is 0 Å². The van der Waals surface area contributed by atoms with Crippen LogP contribution in [-0.2, 0) is 22.7 Å². The Morgan fingerprint density at radius 3 is 2.48 bits per heavy atom. The normalized spacial score (nSPS) is 11.5. The maximum Gasteiger partial charge on any atom is 0.242 e. The molecule has 1 unspecified atom stereocenters. The van der Waals surface area contributed by atoms with Gasteiger partial charge in [0.15, 0.2) is 0 Å². The SMILES string of the molecule is CC(=O)NC(C)C(=O)NCc1ccc(OCc2cccc(F)c2)cc1. The Kier molecular flexibility index (Phi) is 6.51. The molecule has 2 amide bonds. The zero-order valence-electron chi connectivity index (χ0n) is 14.2. The first kappa shape index (κ1) is 18.4. The Morgan fingerprint density at radius 1 is 1.12 bits per heavy atom. The van der Waals surface area contributed by atoms with E-state index in [1.54, 1.807) is 31.2 Å². The van der Waals surface area contributed by atoms with Crippen molar-refractivity contribution in [1.29, 1.82) is 0 Å². The Hall–Kier alpha value is -2.89. The standard InChI is InChI=1S/C19H21FN2O3/c1-13(22-14(2)23)19(24)21-11-15-6-8-18(9-7-15)25-12-16-4-3-5-17(20)10-16/h3-10,13H,11-12H2,1-2H3,(H,21,24)(H,22,23). The van der Waals surface area contributed by atoms with E-state index in [4.69, 9.17) is 4.74 Å². The Morgan fingerprint density at radius 2 is 1.84 bits per heavy atom. The highest BCUT2D eigenvalue weighted by Gasteiger charge is 2.12. The van der Waals surface area contributed by atoms with Crippen LogP contribution >= 0.6 is 0 Å². The van der Waals surface area contributed by atoms with Crippen LogP contribution in [0.1, 0.15) is 25.0 Å². The van der Waals surface area contributed by atoms with Gasteiger partial charge < -0.3 is 15.4 Å². The van der Waals surface area contributed by atoms with Crippen molar-refractivity contribution in [1.82, 2.24) is 10.6 Å². The van der Waals surface area contributed by atoms with Crippen molar-refractivity contribution in [2.24, 2.45) is 0 Å². The summed E-state index contributed by atoms with van der Waals surface area (Å²) in [6, 6.07) is 12.9. The minimum Gasteiger partial charge on any atom is -0.489 e. The lowest BCUT2D eigenvalue weighted by Crippen LogP contribution is -2.43. The minimum absolute atomic E-state index is 0.248. The number of nitrogens with one attached hydrogen (secondary N) is 2. The third kappa shape index (κ3) is 6.25. The largest absolute Gasteiger partial charge is 0.489 e. The van der Waals surface area contributed by atoms with Crippen LogP contribution in [0.15, 0.2) is 48.5 Å². The van der Waals surface area contributed by atoms with Crippen molar-refractivity contribution in [2.75, 3.05) is 0 Å². The van der Waals surface area contributed by atoms with Crippen LogP contribution in [0.25, 0.3) is 0 Å². The zero-order valence-corrected chi connectivity index (χ0v) is 14.2. The van der Waals surface area contributed by atoms with Gasteiger partial charge in [0.1, 0.15) is 24.2 Å². The highest BCUT2D eigenvalue weighted by molar-refractivity contribution is 5.86. The molecule has 1 atom stereocenters. The molecule has 0 aliphatic rings. The second-order valence-corrected chi connectivity index (χ2v) is 5.70. The van der Waals surface area contributed by atoms with Crippen LogP contribution in [0.3, 0.4) is 0 Å². The molecule has 0 aromatic heterocycles. The molecule has 2 aromatic rings. The summed E-state index contributed by atoms with van der Waals surface area (Å²) in [6.45, 7) is 3.63. The molecule has 6 heteroatoms. The topological polar surface area (TPSA) is 67.4 Å². The van der Waals surface area contributed by atoms with Crippen molar-refractivity contribution in [3.05, 3.63) is 65.5 Å². The van der Waals surface area contributed by atoms with Crippen molar-refractivity contribution in [3.63, 3.8) is 0 Å². The summed E-state index contributed by atoms with van der Waals surface area (Å²) in [7, 11) is 0. The van der Waals surface area contributed by atoms with Crippen LogP contribution < -0.4 is 15.4 Å². The summed E-state index contributed by atoms with van der Waals surface area (Å²) in [5, 5.41) is 5.28. The van der Waals surface area contributed by atoms with Crippen LogP contribution in [0.5, 0.6) is 5.75 Å². The molecule has 0 saturated carbocycles. The Balaban J connectivity index is 1.81. The van der Waals surface area contributed by atoms with Crippen molar-refractivity contribution in [2.45, 2.75) is 33.0 Å². The summed E-state index contributed by atoms with van der Waals surface area (Å²) >= 11 is 0. The van der Waals surface area contributed by atoms with E-state index in [1.165, 1.54) is 19.1 Å². The summed E-state index contributed by atoms with van der Waals surface area (Å²) in [5.74, 6) is -0.129. The van der Waals surface area contributed by atoms with Gasteiger partial charge in [-0.05, 0) is 42.3 Å². The van der Waals surface area contributed by atoms with E-state index in [9.17, 15) is 14.0 Å². The molecule has 0 aliphatic heterocycles. The van der Waals surface area contributed by atoms with Gasteiger partial charge >= 0.3 is 0 Å². The van der Waals surface area contributed by atoms with Crippen LogP contribution in [0.4, 0.5) is 4.39 Å². The first-order valence-corrected chi connectivity index (χ1v) is 7.95. The van der Waals surface area contributed by atoms with E-state index >= 15 is 0 Å². The fourth-order valence-corrected chi connectivity index (χ4v) is 2.21. The fourth-order valence-electron chi connectivity index (χ4n) is 2.21. The molecular weight excluding hydrogens is 323 g/mol. The number of benzene rings is 2. The number of ether oxygens (including phenoxy) is 1. The number of rotatable bonds is 7. The molecule has 0 saturated heterocycles. The number of carbonyl (C=O) groups is 2. The molecular formula is C19H21FN2O3. The molecule has 2 rings (SSSR count). The van der Waals surface area contributed by atoms with Gasteiger partial charge in [-0.25, -0.2) is 4.39 Å². The molecule has 5 nitrogen and oxygen atoms in total. The van der Waals surface area contributed by atoms with Crippen molar-refractivity contribution < 1.29 is 18.7 Å². The molecule has 2 N–H and O–H groups in total. The molecule has 0 fully saturated rings. The lowest BCUT2D eigenvalue weighted by molar-refractivity contribution is -0.127. The predicted molar refractivity (Wildman–Crippen MR) is 92.3 cm³/mol. The fraction of sp³-hybridized carbons (Fsp3) is 0.263. The molecule has 2 aromatic carbocycles. The highest BCUT2D eigenvalue weighted by atomic mass is 19.1. The average Bonchev–Trinajstić information content (AvgIpc) is 2.58. The van der Waals surface area contributed by atoms with E-state index in [-0.39, 0.29) is 24.2 Å². The third-order valence-corrected chi connectivity index (χ3v) is 3.50. The van der Waals surface area contributed by atoms with E-state index < -0.39 is 6.04 Å². The number of halogens is 1. The molecule has 0 heterocycles.